The van der Waals surface area contributed by atoms with E-state index in [2.05, 4.69) is 37.4 Å². The molecule has 0 spiro atoms. The number of benzene rings is 1. The molecule has 2 aliphatic heterocycles. The third kappa shape index (κ3) is 2.23. The van der Waals surface area contributed by atoms with Crippen LogP contribution in [0.1, 0.15) is 37.6 Å². The van der Waals surface area contributed by atoms with Gasteiger partial charge in [0.25, 0.3) is 0 Å². The molecule has 1 amide bonds. The molecule has 2 aliphatic rings. The molecule has 20 heavy (non-hydrogen) atoms. The Bertz CT molecular complexity index is 517. The molecule has 4 atom stereocenters. The van der Waals surface area contributed by atoms with Crippen LogP contribution in [0.15, 0.2) is 24.3 Å². The van der Waals surface area contributed by atoms with Crippen molar-refractivity contribution in [1.82, 2.24) is 10.2 Å². The first-order valence-corrected chi connectivity index (χ1v) is 7.34. The second-order valence-corrected chi connectivity index (χ2v) is 5.88. The van der Waals surface area contributed by atoms with Crippen molar-refractivity contribution in [2.45, 2.75) is 51.5 Å². The van der Waals surface area contributed by atoms with Crippen LogP contribution in [-0.4, -0.2) is 35.6 Å². The second-order valence-electron chi connectivity index (χ2n) is 5.88. The monoisotopic (exact) mass is 274 g/mol. The van der Waals surface area contributed by atoms with Crippen LogP contribution in [0.4, 0.5) is 0 Å². The Morgan fingerprint density at radius 3 is 2.80 bits per heavy atom. The van der Waals surface area contributed by atoms with Crippen molar-refractivity contribution in [2.24, 2.45) is 0 Å². The highest BCUT2D eigenvalue weighted by Gasteiger charge is 2.44. The molecule has 1 aromatic rings. The van der Waals surface area contributed by atoms with E-state index in [1.54, 1.807) is 0 Å². The van der Waals surface area contributed by atoms with Gasteiger partial charge in [-0.1, -0.05) is 29.8 Å². The molecule has 0 bridgehead atoms. The number of hydrogen-bond acceptors (Lipinski definition) is 3. The van der Waals surface area contributed by atoms with Crippen molar-refractivity contribution < 1.29 is 9.53 Å². The SMILES string of the molecule is Cc1cccc(C2NC(C)C(=O)N2C2CCOC2C)c1. The largest absolute Gasteiger partial charge is 0.376 e. The first-order chi connectivity index (χ1) is 9.58. The van der Waals surface area contributed by atoms with Crippen molar-refractivity contribution >= 4 is 5.91 Å². The lowest BCUT2D eigenvalue weighted by Gasteiger charge is -2.32. The van der Waals surface area contributed by atoms with E-state index in [0.717, 1.165) is 18.6 Å². The molecule has 4 unspecified atom stereocenters. The van der Waals surface area contributed by atoms with Gasteiger partial charge in [0.2, 0.25) is 5.91 Å². The van der Waals surface area contributed by atoms with Crippen LogP contribution in [0.2, 0.25) is 0 Å². The summed E-state index contributed by atoms with van der Waals surface area (Å²) in [6, 6.07) is 8.40. The fourth-order valence-corrected chi connectivity index (χ4v) is 3.28. The van der Waals surface area contributed by atoms with Crippen molar-refractivity contribution in [3.8, 4) is 0 Å². The van der Waals surface area contributed by atoms with Crippen LogP contribution in [0, 0.1) is 6.92 Å². The molecule has 2 saturated heterocycles. The van der Waals surface area contributed by atoms with E-state index in [-0.39, 0.29) is 30.3 Å². The molecule has 4 heteroatoms. The summed E-state index contributed by atoms with van der Waals surface area (Å²) in [7, 11) is 0. The summed E-state index contributed by atoms with van der Waals surface area (Å²) in [4.78, 5) is 14.5. The third-order valence-electron chi connectivity index (χ3n) is 4.36. The summed E-state index contributed by atoms with van der Waals surface area (Å²) < 4.78 is 5.65. The number of aryl methyl sites for hydroxylation is 1. The average Bonchev–Trinajstić information content (AvgIpc) is 2.95. The standard InChI is InChI=1S/C16H22N2O2/c1-10-5-4-6-13(9-10)15-17-11(2)16(19)18(15)14-7-8-20-12(14)3/h4-6,9,11-12,14-15,17H,7-8H2,1-3H3. The minimum absolute atomic E-state index is 0.0356. The van der Waals surface area contributed by atoms with E-state index in [4.69, 9.17) is 4.74 Å². The van der Waals surface area contributed by atoms with Gasteiger partial charge in [0, 0.05) is 6.61 Å². The quantitative estimate of drug-likeness (QED) is 0.896. The predicted octanol–water partition coefficient (Wildman–Crippen LogP) is 1.99. The second kappa shape index (κ2) is 5.19. The summed E-state index contributed by atoms with van der Waals surface area (Å²) >= 11 is 0. The number of nitrogens with zero attached hydrogens (tertiary/aromatic N) is 1. The maximum absolute atomic E-state index is 12.5. The Labute approximate surface area is 120 Å². The molecular weight excluding hydrogens is 252 g/mol. The molecule has 0 aliphatic carbocycles. The number of rotatable bonds is 2. The molecule has 4 nitrogen and oxygen atoms in total. The first kappa shape index (κ1) is 13.6. The van der Waals surface area contributed by atoms with Gasteiger partial charge in [-0.2, -0.15) is 0 Å². The molecule has 3 rings (SSSR count). The van der Waals surface area contributed by atoms with Gasteiger partial charge in [0.1, 0.15) is 6.17 Å². The maximum Gasteiger partial charge on any atom is 0.241 e. The van der Waals surface area contributed by atoms with Gasteiger partial charge >= 0.3 is 0 Å². The lowest BCUT2D eigenvalue weighted by molar-refractivity contribution is -0.133. The zero-order chi connectivity index (χ0) is 14.3. The topological polar surface area (TPSA) is 41.6 Å². The molecule has 2 fully saturated rings. The maximum atomic E-state index is 12.5. The van der Waals surface area contributed by atoms with Gasteiger partial charge in [-0.3, -0.25) is 10.1 Å². The summed E-state index contributed by atoms with van der Waals surface area (Å²) in [6.07, 6.45) is 0.994. The lowest BCUT2D eigenvalue weighted by atomic mass is 10.1. The number of carbonyl (C=O) groups excluding carboxylic acids is 1. The van der Waals surface area contributed by atoms with Crippen molar-refractivity contribution in [3.05, 3.63) is 35.4 Å². The molecule has 0 aromatic heterocycles. The molecule has 1 aromatic carbocycles. The molecular formula is C16H22N2O2. The Hall–Kier alpha value is -1.39. The van der Waals surface area contributed by atoms with E-state index >= 15 is 0 Å². The number of amides is 1. The smallest absolute Gasteiger partial charge is 0.241 e. The molecule has 108 valence electrons. The fourth-order valence-electron chi connectivity index (χ4n) is 3.28. The summed E-state index contributed by atoms with van der Waals surface area (Å²) in [5.74, 6) is 0.179. The number of carbonyl (C=O) groups is 1. The summed E-state index contributed by atoms with van der Waals surface area (Å²) in [5, 5.41) is 3.42. The molecule has 2 heterocycles. The Kier molecular flexibility index (Phi) is 3.52. The first-order valence-electron chi connectivity index (χ1n) is 7.34. The normalized spacial score (nSPS) is 34.0. The van der Waals surface area contributed by atoms with Crippen LogP contribution in [0.3, 0.4) is 0 Å². The minimum atomic E-state index is -0.131. The highest BCUT2D eigenvalue weighted by atomic mass is 16.5. The van der Waals surface area contributed by atoms with E-state index in [1.165, 1.54) is 5.56 Å². The van der Waals surface area contributed by atoms with Crippen molar-refractivity contribution in [1.29, 1.82) is 0 Å². The van der Waals surface area contributed by atoms with E-state index in [0.29, 0.717) is 0 Å². The number of ether oxygens (including phenoxy) is 1. The number of hydrogen-bond donors (Lipinski definition) is 1. The highest BCUT2D eigenvalue weighted by molar-refractivity contribution is 5.84. The number of nitrogens with one attached hydrogen (secondary N) is 1. The zero-order valence-electron chi connectivity index (χ0n) is 12.3. The van der Waals surface area contributed by atoms with Crippen molar-refractivity contribution in [3.63, 3.8) is 0 Å². The van der Waals surface area contributed by atoms with Crippen LogP contribution < -0.4 is 5.32 Å². The predicted molar refractivity (Wildman–Crippen MR) is 77.2 cm³/mol. The van der Waals surface area contributed by atoms with E-state index in [9.17, 15) is 4.79 Å². The van der Waals surface area contributed by atoms with Crippen LogP contribution in [0.25, 0.3) is 0 Å². The Balaban J connectivity index is 1.94. The van der Waals surface area contributed by atoms with Gasteiger partial charge < -0.3 is 9.64 Å². The lowest BCUT2D eigenvalue weighted by Crippen LogP contribution is -2.43. The van der Waals surface area contributed by atoms with Gasteiger partial charge in [-0.05, 0) is 32.8 Å². The molecule has 1 N–H and O–H groups in total. The molecule has 0 saturated carbocycles. The summed E-state index contributed by atoms with van der Waals surface area (Å²) in [6.45, 7) is 6.81. The average molecular weight is 274 g/mol. The van der Waals surface area contributed by atoms with Crippen LogP contribution in [0.5, 0.6) is 0 Å². The summed E-state index contributed by atoms with van der Waals surface area (Å²) in [5.41, 5.74) is 2.37. The van der Waals surface area contributed by atoms with Gasteiger partial charge in [0.05, 0.1) is 18.2 Å². The fraction of sp³-hybridized carbons (Fsp3) is 0.562. The molecule has 0 radical (unpaired) electrons. The van der Waals surface area contributed by atoms with Gasteiger partial charge in [0.15, 0.2) is 0 Å². The van der Waals surface area contributed by atoms with Crippen LogP contribution in [-0.2, 0) is 9.53 Å². The van der Waals surface area contributed by atoms with E-state index in [1.807, 2.05) is 17.9 Å². The van der Waals surface area contributed by atoms with Crippen molar-refractivity contribution in [2.75, 3.05) is 6.61 Å². The highest BCUT2D eigenvalue weighted by Crippen LogP contribution is 2.32. The van der Waals surface area contributed by atoms with Crippen LogP contribution >= 0.6 is 0 Å². The third-order valence-corrected chi connectivity index (χ3v) is 4.36. The van der Waals surface area contributed by atoms with Gasteiger partial charge in [-0.15, -0.1) is 0 Å². The minimum Gasteiger partial charge on any atom is -0.376 e. The Morgan fingerprint density at radius 2 is 2.15 bits per heavy atom. The zero-order valence-corrected chi connectivity index (χ0v) is 12.3. The van der Waals surface area contributed by atoms with Gasteiger partial charge in [-0.25, -0.2) is 0 Å². The van der Waals surface area contributed by atoms with E-state index < -0.39 is 0 Å². The Morgan fingerprint density at radius 1 is 1.35 bits per heavy atom.